The standard InChI is InChI=1S/C19H31N3O6/c1-12(23)22-8-6-19(7-9-22)11-13(15(24)21-19)10-14(16(25)27-5)20-17(26)28-18(2,3)4/h13-14H,6-11H2,1-5H3,(H,20,26)(H,21,24)/t13-,14+/m1/s1. The first-order chi connectivity index (χ1) is 12.9. The number of carbonyl (C=O) groups excluding carboxylic acids is 4. The lowest BCUT2D eigenvalue weighted by molar-refractivity contribution is -0.143. The number of carbonyl (C=O) groups is 4. The van der Waals surface area contributed by atoms with E-state index >= 15 is 0 Å². The highest BCUT2D eigenvalue weighted by molar-refractivity contribution is 5.85. The molecule has 0 aliphatic carbocycles. The van der Waals surface area contributed by atoms with Gasteiger partial charge in [-0.15, -0.1) is 0 Å². The number of rotatable bonds is 4. The lowest BCUT2D eigenvalue weighted by atomic mass is 9.82. The smallest absolute Gasteiger partial charge is 0.408 e. The molecular formula is C19H31N3O6. The van der Waals surface area contributed by atoms with Gasteiger partial charge < -0.3 is 25.0 Å². The maximum atomic E-state index is 12.5. The van der Waals surface area contributed by atoms with E-state index in [-0.39, 0.29) is 23.8 Å². The second-order valence-corrected chi connectivity index (χ2v) is 8.63. The Morgan fingerprint density at radius 3 is 2.39 bits per heavy atom. The average Bonchev–Trinajstić information content (AvgIpc) is 2.87. The van der Waals surface area contributed by atoms with Crippen LogP contribution in [0.5, 0.6) is 0 Å². The SMILES string of the molecule is COC(=O)[C@H](C[C@@H]1CC2(CCN(C(C)=O)CC2)NC1=O)NC(=O)OC(C)(C)C. The van der Waals surface area contributed by atoms with Crippen molar-refractivity contribution < 1.29 is 28.7 Å². The maximum Gasteiger partial charge on any atom is 0.408 e. The molecule has 28 heavy (non-hydrogen) atoms. The number of esters is 1. The number of likely N-dealkylation sites (tertiary alicyclic amines) is 1. The van der Waals surface area contributed by atoms with Crippen LogP contribution in [0.15, 0.2) is 0 Å². The van der Waals surface area contributed by atoms with E-state index < -0.39 is 29.6 Å². The van der Waals surface area contributed by atoms with Crippen LogP contribution in [0.4, 0.5) is 4.79 Å². The van der Waals surface area contributed by atoms with Gasteiger partial charge >= 0.3 is 12.1 Å². The number of piperidine rings is 1. The molecule has 0 radical (unpaired) electrons. The molecule has 2 heterocycles. The molecule has 2 rings (SSSR count). The minimum absolute atomic E-state index is 0.0306. The average molecular weight is 397 g/mol. The summed E-state index contributed by atoms with van der Waals surface area (Å²) in [5, 5.41) is 5.58. The van der Waals surface area contributed by atoms with E-state index in [2.05, 4.69) is 10.6 Å². The van der Waals surface area contributed by atoms with Gasteiger partial charge in [0.2, 0.25) is 11.8 Å². The third-order valence-electron chi connectivity index (χ3n) is 5.26. The van der Waals surface area contributed by atoms with Gasteiger partial charge in [-0.1, -0.05) is 0 Å². The Hall–Kier alpha value is -2.32. The van der Waals surface area contributed by atoms with Crippen LogP contribution >= 0.6 is 0 Å². The lowest BCUT2D eigenvalue weighted by Gasteiger charge is -2.39. The predicted molar refractivity (Wildman–Crippen MR) is 100 cm³/mol. The van der Waals surface area contributed by atoms with E-state index in [1.807, 2.05) is 0 Å². The van der Waals surface area contributed by atoms with Crippen molar-refractivity contribution in [3.63, 3.8) is 0 Å². The summed E-state index contributed by atoms with van der Waals surface area (Å²) in [6.07, 6.45) is 1.32. The van der Waals surface area contributed by atoms with Gasteiger partial charge in [-0.05, 0) is 46.5 Å². The molecule has 0 unspecified atom stereocenters. The van der Waals surface area contributed by atoms with Gasteiger partial charge in [0, 0.05) is 31.5 Å². The Morgan fingerprint density at radius 1 is 1.29 bits per heavy atom. The molecule has 3 amide bonds. The van der Waals surface area contributed by atoms with E-state index in [1.54, 1.807) is 25.7 Å². The first-order valence-electron chi connectivity index (χ1n) is 9.59. The normalized spacial score (nSPS) is 22.4. The van der Waals surface area contributed by atoms with Crippen LogP contribution in [0.1, 0.15) is 53.4 Å². The molecule has 2 aliphatic rings. The molecule has 1 spiro atoms. The molecule has 0 aromatic carbocycles. The summed E-state index contributed by atoms with van der Waals surface area (Å²) in [4.78, 5) is 50.0. The molecule has 0 aromatic heterocycles. The van der Waals surface area contributed by atoms with Crippen molar-refractivity contribution in [3.05, 3.63) is 0 Å². The molecule has 2 atom stereocenters. The number of hydrogen-bond donors (Lipinski definition) is 2. The van der Waals surface area contributed by atoms with Crippen LogP contribution in [-0.2, 0) is 23.9 Å². The van der Waals surface area contributed by atoms with Crippen molar-refractivity contribution in [3.8, 4) is 0 Å². The zero-order chi connectivity index (χ0) is 21.1. The highest BCUT2D eigenvalue weighted by Crippen LogP contribution is 2.36. The van der Waals surface area contributed by atoms with Crippen LogP contribution in [-0.4, -0.2) is 66.2 Å². The molecule has 9 heteroatoms. The van der Waals surface area contributed by atoms with Crippen molar-refractivity contribution in [2.24, 2.45) is 5.92 Å². The van der Waals surface area contributed by atoms with Gasteiger partial charge in [-0.3, -0.25) is 9.59 Å². The zero-order valence-electron chi connectivity index (χ0n) is 17.3. The summed E-state index contributed by atoms with van der Waals surface area (Å²) < 4.78 is 9.98. The number of amides is 3. The van der Waals surface area contributed by atoms with Gasteiger partial charge in [0.1, 0.15) is 11.6 Å². The van der Waals surface area contributed by atoms with E-state index in [0.29, 0.717) is 32.4 Å². The summed E-state index contributed by atoms with van der Waals surface area (Å²) >= 11 is 0. The van der Waals surface area contributed by atoms with E-state index in [4.69, 9.17) is 9.47 Å². The van der Waals surface area contributed by atoms with Gasteiger partial charge in [0.25, 0.3) is 0 Å². The van der Waals surface area contributed by atoms with Crippen molar-refractivity contribution in [1.29, 1.82) is 0 Å². The number of methoxy groups -OCH3 is 1. The molecule has 9 nitrogen and oxygen atoms in total. The van der Waals surface area contributed by atoms with Crippen LogP contribution in [0.2, 0.25) is 0 Å². The molecule has 2 saturated heterocycles. The minimum Gasteiger partial charge on any atom is -0.467 e. The molecule has 158 valence electrons. The van der Waals surface area contributed by atoms with Crippen LogP contribution in [0.25, 0.3) is 0 Å². The molecule has 0 saturated carbocycles. The number of hydrogen-bond acceptors (Lipinski definition) is 6. The first-order valence-corrected chi connectivity index (χ1v) is 9.59. The van der Waals surface area contributed by atoms with Crippen LogP contribution in [0.3, 0.4) is 0 Å². The van der Waals surface area contributed by atoms with Crippen molar-refractivity contribution in [2.75, 3.05) is 20.2 Å². The van der Waals surface area contributed by atoms with Gasteiger partial charge in [-0.2, -0.15) is 0 Å². The van der Waals surface area contributed by atoms with Crippen molar-refractivity contribution >= 4 is 23.9 Å². The fourth-order valence-corrected chi connectivity index (χ4v) is 3.84. The molecule has 0 aromatic rings. The quantitative estimate of drug-likeness (QED) is 0.683. The van der Waals surface area contributed by atoms with E-state index in [9.17, 15) is 19.2 Å². The Balaban J connectivity index is 2.00. The predicted octanol–water partition coefficient (Wildman–Crippen LogP) is 0.960. The molecule has 0 bridgehead atoms. The molecule has 2 fully saturated rings. The minimum atomic E-state index is -0.969. The number of nitrogens with zero attached hydrogens (tertiary/aromatic N) is 1. The fraction of sp³-hybridized carbons (Fsp3) is 0.789. The Bertz CT molecular complexity index is 634. The third-order valence-corrected chi connectivity index (χ3v) is 5.26. The summed E-state index contributed by atoms with van der Waals surface area (Å²) in [5.74, 6) is -1.16. The van der Waals surface area contributed by atoms with E-state index in [0.717, 1.165) is 0 Å². The zero-order valence-corrected chi connectivity index (χ0v) is 17.3. The van der Waals surface area contributed by atoms with Crippen molar-refractivity contribution in [1.82, 2.24) is 15.5 Å². The van der Waals surface area contributed by atoms with Crippen LogP contribution in [0, 0.1) is 5.92 Å². The van der Waals surface area contributed by atoms with Gasteiger partial charge in [0.05, 0.1) is 7.11 Å². The summed E-state index contributed by atoms with van der Waals surface area (Å²) in [7, 11) is 1.24. The number of alkyl carbamates (subject to hydrolysis) is 1. The monoisotopic (exact) mass is 397 g/mol. The number of nitrogens with one attached hydrogen (secondary N) is 2. The Kier molecular flexibility index (Phi) is 6.56. The van der Waals surface area contributed by atoms with Crippen LogP contribution < -0.4 is 10.6 Å². The highest BCUT2D eigenvalue weighted by Gasteiger charge is 2.47. The second-order valence-electron chi connectivity index (χ2n) is 8.63. The van der Waals surface area contributed by atoms with Gasteiger partial charge in [0.15, 0.2) is 0 Å². The molecular weight excluding hydrogens is 366 g/mol. The first kappa shape index (κ1) is 22.0. The topological polar surface area (TPSA) is 114 Å². The third kappa shape index (κ3) is 5.59. The molecule has 2 N–H and O–H groups in total. The largest absolute Gasteiger partial charge is 0.467 e. The Morgan fingerprint density at radius 2 is 1.89 bits per heavy atom. The summed E-state index contributed by atoms with van der Waals surface area (Å²) in [5.41, 5.74) is -1.06. The van der Waals surface area contributed by atoms with Gasteiger partial charge in [-0.25, -0.2) is 9.59 Å². The number of ether oxygens (including phenoxy) is 2. The van der Waals surface area contributed by atoms with E-state index in [1.165, 1.54) is 14.0 Å². The second kappa shape index (κ2) is 8.36. The van der Waals surface area contributed by atoms with Crippen molar-refractivity contribution in [2.45, 2.75) is 70.6 Å². The molecule has 2 aliphatic heterocycles. The summed E-state index contributed by atoms with van der Waals surface area (Å²) in [6, 6.07) is -0.969. The Labute approximate surface area is 165 Å². The lowest BCUT2D eigenvalue weighted by Crippen LogP contribution is -2.51. The fourth-order valence-electron chi connectivity index (χ4n) is 3.84. The summed E-state index contributed by atoms with van der Waals surface area (Å²) in [6.45, 7) is 7.90. The highest BCUT2D eigenvalue weighted by atomic mass is 16.6. The maximum absolute atomic E-state index is 12.5.